The molecule has 1 heterocycles. The molecule has 1 N–H and O–H groups in total. The van der Waals surface area contributed by atoms with Crippen LogP contribution >= 0.6 is 0 Å². The third-order valence-electron chi connectivity index (χ3n) is 4.53. The Morgan fingerprint density at radius 1 is 1.19 bits per heavy atom. The molecule has 0 radical (unpaired) electrons. The molecule has 1 amide bonds. The summed E-state index contributed by atoms with van der Waals surface area (Å²) in [5.41, 5.74) is 4.01. The Labute approximate surface area is 153 Å². The molecule has 2 aromatic carbocycles. The predicted octanol–water partition coefficient (Wildman–Crippen LogP) is 3.21. The van der Waals surface area contributed by atoms with E-state index in [9.17, 15) is 4.79 Å². The summed E-state index contributed by atoms with van der Waals surface area (Å²) in [5.74, 6) is -0.0205. The minimum Gasteiger partial charge on any atom is -0.325 e. The zero-order valence-corrected chi connectivity index (χ0v) is 15.3. The van der Waals surface area contributed by atoms with Crippen molar-refractivity contribution in [3.63, 3.8) is 0 Å². The van der Waals surface area contributed by atoms with E-state index in [0.717, 1.165) is 22.5 Å². The summed E-state index contributed by atoms with van der Waals surface area (Å²) in [6.07, 6.45) is 3.18. The lowest BCUT2D eigenvalue weighted by atomic mass is 10.1. The Kier molecular flexibility index (Phi) is 5.43. The highest BCUT2D eigenvalue weighted by Crippen LogP contribution is 2.20. The molecule has 0 fully saturated rings. The Balaban J connectivity index is 1.61. The van der Waals surface area contributed by atoms with E-state index in [4.69, 9.17) is 0 Å². The smallest absolute Gasteiger partial charge is 0.238 e. The molecule has 0 spiro atoms. The maximum Gasteiger partial charge on any atom is 0.238 e. The zero-order chi connectivity index (χ0) is 18.5. The third-order valence-corrected chi connectivity index (χ3v) is 4.53. The van der Waals surface area contributed by atoms with Crippen LogP contribution in [0.1, 0.15) is 24.1 Å². The number of rotatable bonds is 6. The maximum atomic E-state index is 12.3. The van der Waals surface area contributed by atoms with Crippen LogP contribution in [0.5, 0.6) is 0 Å². The van der Waals surface area contributed by atoms with E-state index in [0.29, 0.717) is 6.54 Å². The van der Waals surface area contributed by atoms with Gasteiger partial charge in [0.1, 0.15) is 12.7 Å². The molecule has 1 aromatic heterocycles. The number of aryl methyl sites for hydroxylation is 1. The number of anilines is 1. The minimum atomic E-state index is -0.0205. The van der Waals surface area contributed by atoms with Gasteiger partial charge in [0.15, 0.2) is 0 Å². The maximum absolute atomic E-state index is 12.3. The summed E-state index contributed by atoms with van der Waals surface area (Å²) in [6, 6.07) is 16.0. The first-order valence-corrected chi connectivity index (χ1v) is 8.55. The van der Waals surface area contributed by atoms with Crippen LogP contribution in [-0.4, -0.2) is 39.2 Å². The van der Waals surface area contributed by atoms with Gasteiger partial charge in [-0.05, 0) is 50.2 Å². The summed E-state index contributed by atoms with van der Waals surface area (Å²) in [5, 5.41) is 7.10. The highest BCUT2D eigenvalue weighted by atomic mass is 16.2. The van der Waals surface area contributed by atoms with Gasteiger partial charge in [-0.15, -0.1) is 0 Å². The average Bonchev–Trinajstić information content (AvgIpc) is 3.18. The molecule has 26 heavy (non-hydrogen) atoms. The van der Waals surface area contributed by atoms with Gasteiger partial charge in [-0.1, -0.05) is 30.3 Å². The fourth-order valence-electron chi connectivity index (χ4n) is 2.77. The fraction of sp³-hybridized carbons (Fsp3) is 0.250. The number of carbonyl (C=O) groups is 1. The molecule has 0 aliphatic carbocycles. The fourth-order valence-corrected chi connectivity index (χ4v) is 2.77. The standard InChI is InChI=1S/C20H23N5O/c1-15-6-4-5-7-19(15)23-20(26)12-24(3)16(2)17-8-10-18(11-9-17)25-14-21-13-22-25/h4-11,13-14,16H,12H2,1-3H3,(H,23,26)/t16-/m0/s1. The number of amides is 1. The minimum absolute atomic E-state index is 0.0205. The zero-order valence-electron chi connectivity index (χ0n) is 15.3. The van der Waals surface area contributed by atoms with Gasteiger partial charge >= 0.3 is 0 Å². The van der Waals surface area contributed by atoms with Crippen LogP contribution < -0.4 is 5.32 Å². The van der Waals surface area contributed by atoms with Crippen molar-refractivity contribution in [1.29, 1.82) is 0 Å². The number of likely N-dealkylation sites (N-methyl/N-ethyl adjacent to an activating group) is 1. The van der Waals surface area contributed by atoms with E-state index >= 15 is 0 Å². The highest BCUT2D eigenvalue weighted by molar-refractivity contribution is 5.92. The lowest BCUT2D eigenvalue weighted by Crippen LogP contribution is -2.32. The van der Waals surface area contributed by atoms with Crippen molar-refractivity contribution in [3.05, 3.63) is 72.3 Å². The van der Waals surface area contributed by atoms with Gasteiger partial charge in [0.05, 0.1) is 12.2 Å². The quantitative estimate of drug-likeness (QED) is 0.742. The van der Waals surface area contributed by atoms with Gasteiger partial charge in [-0.3, -0.25) is 9.69 Å². The number of para-hydroxylation sites is 1. The number of hydrogen-bond donors (Lipinski definition) is 1. The van der Waals surface area contributed by atoms with Crippen molar-refractivity contribution < 1.29 is 4.79 Å². The van der Waals surface area contributed by atoms with E-state index in [1.54, 1.807) is 11.0 Å². The van der Waals surface area contributed by atoms with Crippen LogP contribution in [0.2, 0.25) is 0 Å². The summed E-state index contributed by atoms with van der Waals surface area (Å²) >= 11 is 0. The van der Waals surface area contributed by atoms with E-state index in [1.165, 1.54) is 6.33 Å². The predicted molar refractivity (Wildman–Crippen MR) is 102 cm³/mol. The van der Waals surface area contributed by atoms with Crippen LogP contribution in [0.15, 0.2) is 61.2 Å². The number of carbonyl (C=O) groups excluding carboxylic acids is 1. The molecular weight excluding hydrogens is 326 g/mol. The largest absolute Gasteiger partial charge is 0.325 e. The first-order chi connectivity index (χ1) is 12.5. The van der Waals surface area contributed by atoms with E-state index in [1.807, 2.05) is 55.3 Å². The molecule has 3 rings (SSSR count). The molecule has 134 valence electrons. The SMILES string of the molecule is Cc1ccccc1NC(=O)CN(C)[C@@H](C)c1ccc(-n2cncn2)cc1. The molecule has 0 aliphatic heterocycles. The van der Waals surface area contributed by atoms with Crippen LogP contribution in [0.4, 0.5) is 5.69 Å². The lowest BCUT2D eigenvalue weighted by Gasteiger charge is -2.24. The molecule has 1 atom stereocenters. The Morgan fingerprint density at radius 3 is 2.58 bits per heavy atom. The number of nitrogens with zero attached hydrogens (tertiary/aromatic N) is 4. The number of benzene rings is 2. The molecule has 0 unspecified atom stereocenters. The normalized spacial score (nSPS) is 12.2. The van der Waals surface area contributed by atoms with Gasteiger partial charge in [0.25, 0.3) is 0 Å². The van der Waals surface area contributed by atoms with E-state index in [2.05, 4.69) is 34.5 Å². The van der Waals surface area contributed by atoms with Gasteiger partial charge in [-0.2, -0.15) is 5.10 Å². The first-order valence-electron chi connectivity index (χ1n) is 8.55. The number of aromatic nitrogens is 3. The van der Waals surface area contributed by atoms with Crippen molar-refractivity contribution in [2.45, 2.75) is 19.9 Å². The van der Waals surface area contributed by atoms with Crippen LogP contribution in [0.25, 0.3) is 5.69 Å². The van der Waals surface area contributed by atoms with Crippen molar-refractivity contribution in [2.24, 2.45) is 0 Å². The summed E-state index contributed by atoms with van der Waals surface area (Å²) in [4.78, 5) is 18.3. The topological polar surface area (TPSA) is 63.1 Å². The molecule has 0 saturated carbocycles. The van der Waals surface area contributed by atoms with Gasteiger partial charge in [0.2, 0.25) is 5.91 Å². The molecule has 6 heteroatoms. The van der Waals surface area contributed by atoms with Crippen molar-refractivity contribution >= 4 is 11.6 Å². The number of hydrogen-bond acceptors (Lipinski definition) is 4. The third kappa shape index (κ3) is 4.15. The molecular formula is C20H23N5O. The van der Waals surface area contributed by atoms with Gasteiger partial charge < -0.3 is 5.32 Å². The van der Waals surface area contributed by atoms with E-state index in [-0.39, 0.29) is 11.9 Å². The molecule has 0 saturated heterocycles. The summed E-state index contributed by atoms with van der Waals surface area (Å²) < 4.78 is 1.72. The molecule has 0 aliphatic rings. The van der Waals surface area contributed by atoms with Crippen LogP contribution in [0, 0.1) is 6.92 Å². The molecule has 0 bridgehead atoms. The van der Waals surface area contributed by atoms with Gasteiger partial charge in [-0.25, -0.2) is 9.67 Å². The Hall–Kier alpha value is -2.99. The lowest BCUT2D eigenvalue weighted by molar-refractivity contribution is -0.117. The van der Waals surface area contributed by atoms with Crippen molar-refractivity contribution in [2.75, 3.05) is 18.9 Å². The van der Waals surface area contributed by atoms with Crippen molar-refractivity contribution in [1.82, 2.24) is 19.7 Å². The first kappa shape index (κ1) is 17.8. The van der Waals surface area contributed by atoms with Crippen LogP contribution in [-0.2, 0) is 4.79 Å². The second-order valence-electron chi connectivity index (χ2n) is 6.39. The summed E-state index contributed by atoms with van der Waals surface area (Å²) in [7, 11) is 1.95. The van der Waals surface area contributed by atoms with Crippen LogP contribution in [0.3, 0.4) is 0 Å². The average molecular weight is 349 g/mol. The van der Waals surface area contributed by atoms with Crippen molar-refractivity contribution in [3.8, 4) is 5.69 Å². The Morgan fingerprint density at radius 2 is 1.92 bits per heavy atom. The number of nitrogens with one attached hydrogen (secondary N) is 1. The van der Waals surface area contributed by atoms with Gasteiger partial charge in [0, 0.05) is 11.7 Å². The molecule has 3 aromatic rings. The summed E-state index contributed by atoms with van der Waals surface area (Å²) in [6.45, 7) is 4.39. The monoisotopic (exact) mass is 349 g/mol. The second-order valence-corrected chi connectivity index (χ2v) is 6.39. The second kappa shape index (κ2) is 7.93. The van der Waals surface area contributed by atoms with E-state index < -0.39 is 0 Å². The molecule has 6 nitrogen and oxygen atoms in total. The highest BCUT2D eigenvalue weighted by Gasteiger charge is 2.15. The Bertz CT molecular complexity index is 858.